The Morgan fingerprint density at radius 3 is 2.00 bits per heavy atom. The van der Waals surface area contributed by atoms with Gasteiger partial charge in [0.05, 0.1) is 0 Å². The first-order valence-corrected chi connectivity index (χ1v) is 2.43. The molecule has 1 aliphatic rings. The highest BCUT2D eigenvalue weighted by Crippen LogP contribution is 1.94. The van der Waals surface area contributed by atoms with Gasteiger partial charge >= 0.3 is 0 Å². The molecule has 0 amide bonds. The van der Waals surface area contributed by atoms with Crippen molar-refractivity contribution in [3.8, 4) is 0 Å². The Morgan fingerprint density at radius 1 is 1.43 bits per heavy atom. The van der Waals surface area contributed by atoms with Crippen LogP contribution in [0.4, 0.5) is 0 Å². The van der Waals surface area contributed by atoms with Gasteiger partial charge in [-0.1, -0.05) is 0 Å². The quantitative estimate of drug-likeness (QED) is 0.361. The average Bonchev–Trinajstić information content (AvgIpc) is 1.84. The van der Waals surface area contributed by atoms with Crippen LogP contribution in [0.5, 0.6) is 0 Å². The summed E-state index contributed by atoms with van der Waals surface area (Å²) >= 11 is 0. The van der Waals surface area contributed by atoms with Gasteiger partial charge < -0.3 is 5.11 Å². The fraction of sp³-hybridized carbons (Fsp3) is 1.00. The molecule has 3 nitrogen and oxygen atoms in total. The fourth-order valence-electron chi connectivity index (χ4n) is 0.674. The molecule has 3 heteroatoms. The standard InChI is InChI=1S/C4H10N2O/c1-4(7)5-2-3-6-4/h5-7H,2-3H2,1H3. The molecule has 1 aliphatic heterocycles. The SMILES string of the molecule is CC1(O)NCCN1. The molecule has 0 bridgehead atoms. The van der Waals surface area contributed by atoms with E-state index in [2.05, 4.69) is 10.6 Å². The maximum absolute atomic E-state index is 8.97. The zero-order valence-electron chi connectivity index (χ0n) is 4.36. The third-order valence-corrected chi connectivity index (χ3v) is 1.06. The lowest BCUT2D eigenvalue weighted by molar-refractivity contribution is 0.0223. The first kappa shape index (κ1) is 5.03. The molecule has 42 valence electrons. The highest BCUT2D eigenvalue weighted by atomic mass is 16.3. The van der Waals surface area contributed by atoms with Gasteiger partial charge in [-0.2, -0.15) is 0 Å². The molecule has 1 heterocycles. The third-order valence-electron chi connectivity index (χ3n) is 1.06. The second kappa shape index (κ2) is 1.43. The van der Waals surface area contributed by atoms with E-state index in [1.165, 1.54) is 0 Å². The van der Waals surface area contributed by atoms with Crippen molar-refractivity contribution < 1.29 is 5.11 Å². The van der Waals surface area contributed by atoms with Crippen LogP contribution >= 0.6 is 0 Å². The van der Waals surface area contributed by atoms with E-state index in [9.17, 15) is 0 Å². The Morgan fingerprint density at radius 2 is 1.86 bits per heavy atom. The van der Waals surface area contributed by atoms with Crippen molar-refractivity contribution >= 4 is 0 Å². The second-order valence-corrected chi connectivity index (χ2v) is 1.93. The highest BCUT2D eigenvalue weighted by Gasteiger charge is 2.22. The fourth-order valence-corrected chi connectivity index (χ4v) is 0.674. The maximum atomic E-state index is 8.97. The van der Waals surface area contributed by atoms with Gasteiger partial charge in [-0.05, 0) is 6.92 Å². The van der Waals surface area contributed by atoms with E-state index in [4.69, 9.17) is 5.11 Å². The van der Waals surface area contributed by atoms with Crippen molar-refractivity contribution in [2.75, 3.05) is 13.1 Å². The monoisotopic (exact) mass is 102 g/mol. The summed E-state index contributed by atoms with van der Waals surface area (Å²) in [4.78, 5) is 0. The Balaban J connectivity index is 2.40. The number of aliphatic hydroxyl groups is 1. The molecule has 0 atom stereocenters. The molecular formula is C4H10N2O. The van der Waals surface area contributed by atoms with Gasteiger partial charge in [0.25, 0.3) is 0 Å². The van der Waals surface area contributed by atoms with E-state index >= 15 is 0 Å². The summed E-state index contributed by atoms with van der Waals surface area (Å²) in [5.41, 5.74) is 0. The third kappa shape index (κ3) is 1.12. The van der Waals surface area contributed by atoms with Crippen LogP contribution in [-0.4, -0.2) is 24.0 Å². The van der Waals surface area contributed by atoms with Crippen molar-refractivity contribution in [3.05, 3.63) is 0 Å². The minimum atomic E-state index is -0.806. The normalized spacial score (nSPS) is 28.3. The lowest BCUT2D eigenvalue weighted by Crippen LogP contribution is -2.45. The number of nitrogens with one attached hydrogen (secondary N) is 2. The summed E-state index contributed by atoms with van der Waals surface area (Å²) in [7, 11) is 0. The molecule has 0 unspecified atom stereocenters. The average molecular weight is 102 g/mol. The second-order valence-electron chi connectivity index (χ2n) is 1.93. The van der Waals surface area contributed by atoms with Gasteiger partial charge in [0, 0.05) is 13.1 Å². The van der Waals surface area contributed by atoms with Crippen molar-refractivity contribution in [1.82, 2.24) is 10.6 Å². The Labute approximate surface area is 42.7 Å². The van der Waals surface area contributed by atoms with Crippen molar-refractivity contribution in [2.45, 2.75) is 12.8 Å². The molecule has 0 aromatic carbocycles. The van der Waals surface area contributed by atoms with Gasteiger partial charge in [-0.3, -0.25) is 10.6 Å². The van der Waals surface area contributed by atoms with E-state index in [0.29, 0.717) is 0 Å². The smallest absolute Gasteiger partial charge is 0.168 e. The molecule has 0 aromatic heterocycles. The van der Waals surface area contributed by atoms with Crippen LogP contribution in [0.25, 0.3) is 0 Å². The lowest BCUT2D eigenvalue weighted by Gasteiger charge is -2.15. The Bertz CT molecular complexity index is 64.1. The summed E-state index contributed by atoms with van der Waals surface area (Å²) < 4.78 is 0. The van der Waals surface area contributed by atoms with Crippen LogP contribution in [-0.2, 0) is 0 Å². The molecule has 1 saturated heterocycles. The number of hydrogen-bond donors (Lipinski definition) is 3. The topological polar surface area (TPSA) is 44.3 Å². The first-order valence-electron chi connectivity index (χ1n) is 2.43. The summed E-state index contributed by atoms with van der Waals surface area (Å²) in [5.74, 6) is -0.806. The van der Waals surface area contributed by atoms with Gasteiger partial charge in [0.1, 0.15) is 0 Å². The van der Waals surface area contributed by atoms with Crippen LogP contribution in [0.3, 0.4) is 0 Å². The largest absolute Gasteiger partial charge is 0.363 e. The van der Waals surface area contributed by atoms with Crippen molar-refractivity contribution in [1.29, 1.82) is 0 Å². The lowest BCUT2D eigenvalue weighted by atomic mass is 10.5. The van der Waals surface area contributed by atoms with E-state index in [-0.39, 0.29) is 0 Å². The van der Waals surface area contributed by atoms with Gasteiger partial charge in [-0.15, -0.1) is 0 Å². The van der Waals surface area contributed by atoms with Crippen molar-refractivity contribution in [2.24, 2.45) is 0 Å². The maximum Gasteiger partial charge on any atom is 0.168 e. The predicted molar refractivity (Wildman–Crippen MR) is 26.6 cm³/mol. The zero-order valence-corrected chi connectivity index (χ0v) is 4.36. The molecule has 1 rings (SSSR count). The summed E-state index contributed by atoms with van der Waals surface area (Å²) in [6.07, 6.45) is 0. The van der Waals surface area contributed by atoms with Crippen LogP contribution in [0.15, 0.2) is 0 Å². The van der Waals surface area contributed by atoms with Crippen LogP contribution in [0.2, 0.25) is 0 Å². The first-order chi connectivity index (χ1) is 3.21. The van der Waals surface area contributed by atoms with Crippen molar-refractivity contribution in [3.63, 3.8) is 0 Å². The zero-order chi connectivity index (χ0) is 5.33. The molecule has 3 N–H and O–H groups in total. The molecule has 0 saturated carbocycles. The van der Waals surface area contributed by atoms with E-state index in [0.717, 1.165) is 13.1 Å². The molecular weight excluding hydrogens is 92.1 g/mol. The molecule has 1 fully saturated rings. The highest BCUT2D eigenvalue weighted by molar-refractivity contribution is 4.74. The minimum absolute atomic E-state index is 0.806. The van der Waals surface area contributed by atoms with Gasteiger partial charge in [0.2, 0.25) is 0 Å². The molecule has 7 heavy (non-hydrogen) atoms. The summed E-state index contributed by atoms with van der Waals surface area (Å²) in [6.45, 7) is 3.40. The summed E-state index contributed by atoms with van der Waals surface area (Å²) in [6, 6.07) is 0. The van der Waals surface area contributed by atoms with E-state index in [1.807, 2.05) is 0 Å². The predicted octanol–water partition coefficient (Wildman–Crippen LogP) is -1.15. The van der Waals surface area contributed by atoms with Gasteiger partial charge in [-0.25, -0.2) is 0 Å². The van der Waals surface area contributed by atoms with Crippen LogP contribution in [0, 0.1) is 0 Å². The Hall–Kier alpha value is -0.120. The van der Waals surface area contributed by atoms with E-state index in [1.54, 1.807) is 6.92 Å². The molecule has 0 spiro atoms. The van der Waals surface area contributed by atoms with E-state index < -0.39 is 5.85 Å². The molecule has 0 aromatic rings. The molecule has 0 radical (unpaired) electrons. The van der Waals surface area contributed by atoms with Gasteiger partial charge in [0.15, 0.2) is 5.85 Å². The van der Waals surface area contributed by atoms with Crippen LogP contribution < -0.4 is 10.6 Å². The summed E-state index contributed by atoms with van der Waals surface area (Å²) in [5, 5.41) is 14.7. The molecule has 0 aliphatic carbocycles. The number of hydrogen-bond acceptors (Lipinski definition) is 3. The minimum Gasteiger partial charge on any atom is -0.363 e. The number of rotatable bonds is 0. The Kier molecular flexibility index (Phi) is 1.03. The van der Waals surface area contributed by atoms with Crippen LogP contribution in [0.1, 0.15) is 6.92 Å².